The van der Waals surface area contributed by atoms with Crippen LogP contribution in [0.2, 0.25) is 10.0 Å². The van der Waals surface area contributed by atoms with Crippen LogP contribution in [-0.4, -0.2) is 17.4 Å². The zero-order valence-electron chi connectivity index (χ0n) is 8.38. The predicted octanol–water partition coefficient (Wildman–Crippen LogP) is 3.68. The Morgan fingerprint density at radius 3 is 2.60 bits per heavy atom. The van der Waals surface area contributed by atoms with E-state index in [1.807, 2.05) is 13.2 Å². The van der Waals surface area contributed by atoms with Crippen LogP contribution < -0.4 is 5.32 Å². The Morgan fingerprint density at radius 1 is 1.40 bits per heavy atom. The van der Waals surface area contributed by atoms with Gasteiger partial charge >= 0.3 is 0 Å². The summed E-state index contributed by atoms with van der Waals surface area (Å²) in [6.07, 6.45) is 1.89. The van der Waals surface area contributed by atoms with Crippen molar-refractivity contribution in [1.29, 1.82) is 0 Å². The zero-order chi connectivity index (χ0) is 11.4. The molecule has 5 heteroatoms. The second-order valence-electron chi connectivity index (χ2n) is 3.00. The largest absolute Gasteiger partial charge is 0.325 e. The molecule has 0 aliphatic heterocycles. The van der Waals surface area contributed by atoms with Gasteiger partial charge in [-0.1, -0.05) is 23.2 Å². The second-order valence-corrected chi connectivity index (χ2v) is 4.99. The average molecular weight is 264 g/mol. The van der Waals surface area contributed by atoms with Crippen molar-refractivity contribution in [2.45, 2.75) is 12.2 Å². The van der Waals surface area contributed by atoms with Gasteiger partial charge in [0.2, 0.25) is 5.91 Å². The number of benzene rings is 1. The van der Waals surface area contributed by atoms with Crippen LogP contribution in [0.25, 0.3) is 0 Å². The Kier molecular flexibility index (Phi) is 4.77. The van der Waals surface area contributed by atoms with Crippen molar-refractivity contribution in [3.8, 4) is 0 Å². The van der Waals surface area contributed by atoms with E-state index in [2.05, 4.69) is 5.32 Å². The topological polar surface area (TPSA) is 29.1 Å². The Labute approximate surface area is 103 Å². The normalized spacial score (nSPS) is 12.3. The van der Waals surface area contributed by atoms with Crippen molar-refractivity contribution in [2.75, 3.05) is 11.6 Å². The van der Waals surface area contributed by atoms with E-state index in [0.29, 0.717) is 15.7 Å². The fourth-order valence-corrected chi connectivity index (χ4v) is 1.50. The van der Waals surface area contributed by atoms with Crippen LogP contribution in [0.4, 0.5) is 5.69 Å². The summed E-state index contributed by atoms with van der Waals surface area (Å²) in [5, 5.41) is 3.59. The molecule has 0 unspecified atom stereocenters. The van der Waals surface area contributed by atoms with Gasteiger partial charge in [-0.3, -0.25) is 4.79 Å². The van der Waals surface area contributed by atoms with Gasteiger partial charge in [-0.15, -0.1) is 0 Å². The summed E-state index contributed by atoms with van der Waals surface area (Å²) in [4.78, 5) is 11.5. The van der Waals surface area contributed by atoms with E-state index in [4.69, 9.17) is 23.2 Å². The third-order valence-corrected chi connectivity index (χ3v) is 3.57. The summed E-state index contributed by atoms with van der Waals surface area (Å²) < 4.78 is 0. The fraction of sp³-hybridized carbons (Fsp3) is 0.300. The molecule has 1 rings (SSSR count). The van der Waals surface area contributed by atoms with Crippen LogP contribution in [0.1, 0.15) is 6.92 Å². The Morgan fingerprint density at radius 2 is 2.07 bits per heavy atom. The molecule has 1 N–H and O–H groups in total. The molecule has 0 saturated carbocycles. The number of carbonyl (C=O) groups is 1. The predicted molar refractivity (Wildman–Crippen MR) is 68.1 cm³/mol. The number of hydrogen-bond acceptors (Lipinski definition) is 2. The van der Waals surface area contributed by atoms with Crippen molar-refractivity contribution in [1.82, 2.24) is 0 Å². The van der Waals surface area contributed by atoms with Crippen LogP contribution in [0.15, 0.2) is 18.2 Å². The molecule has 1 aromatic rings. The molecule has 0 saturated heterocycles. The van der Waals surface area contributed by atoms with Crippen LogP contribution in [0.3, 0.4) is 0 Å². The molecule has 15 heavy (non-hydrogen) atoms. The first kappa shape index (κ1) is 12.7. The van der Waals surface area contributed by atoms with E-state index in [0.717, 1.165) is 0 Å². The smallest absolute Gasteiger partial charge is 0.237 e. The molecule has 1 aromatic carbocycles. The van der Waals surface area contributed by atoms with Gasteiger partial charge in [-0.25, -0.2) is 0 Å². The lowest BCUT2D eigenvalue weighted by molar-refractivity contribution is -0.115. The quantitative estimate of drug-likeness (QED) is 0.902. The minimum atomic E-state index is -0.0838. The highest BCUT2D eigenvalue weighted by molar-refractivity contribution is 7.99. The van der Waals surface area contributed by atoms with Gasteiger partial charge in [-0.2, -0.15) is 11.8 Å². The van der Waals surface area contributed by atoms with Crippen molar-refractivity contribution in [2.24, 2.45) is 0 Å². The fourth-order valence-electron chi connectivity index (χ4n) is 0.925. The molecular weight excluding hydrogens is 253 g/mol. The highest BCUT2D eigenvalue weighted by Gasteiger charge is 2.11. The SMILES string of the molecule is CS[C@H](C)C(=O)Nc1ccc(Cl)c(Cl)c1. The highest BCUT2D eigenvalue weighted by Crippen LogP contribution is 2.25. The van der Waals surface area contributed by atoms with Crippen LogP contribution >= 0.6 is 35.0 Å². The minimum Gasteiger partial charge on any atom is -0.325 e. The van der Waals surface area contributed by atoms with Crippen LogP contribution in [0.5, 0.6) is 0 Å². The van der Waals surface area contributed by atoms with E-state index in [-0.39, 0.29) is 11.2 Å². The molecule has 1 amide bonds. The number of amides is 1. The summed E-state index contributed by atoms with van der Waals surface area (Å²) >= 11 is 13.1. The van der Waals surface area contributed by atoms with E-state index in [1.54, 1.807) is 18.2 Å². The summed E-state index contributed by atoms with van der Waals surface area (Å²) in [7, 11) is 0. The standard InChI is InChI=1S/C10H11Cl2NOS/c1-6(15-2)10(14)13-7-3-4-8(11)9(12)5-7/h3-6H,1-2H3,(H,13,14)/t6-/m1/s1. The molecule has 1 atom stereocenters. The maximum atomic E-state index is 11.5. The van der Waals surface area contributed by atoms with Gasteiger partial charge in [0.05, 0.1) is 15.3 Å². The molecule has 0 radical (unpaired) electrons. The van der Waals surface area contributed by atoms with Gasteiger partial charge in [0.15, 0.2) is 0 Å². The number of carbonyl (C=O) groups excluding carboxylic acids is 1. The molecule has 0 aromatic heterocycles. The molecule has 2 nitrogen and oxygen atoms in total. The van der Waals surface area contributed by atoms with Crippen molar-refractivity contribution >= 4 is 46.6 Å². The van der Waals surface area contributed by atoms with Crippen molar-refractivity contribution in [3.63, 3.8) is 0 Å². The molecule has 0 aliphatic carbocycles. The number of hydrogen-bond donors (Lipinski definition) is 1. The average Bonchev–Trinajstić information content (AvgIpc) is 2.22. The Balaban J connectivity index is 2.73. The molecule has 0 spiro atoms. The summed E-state index contributed by atoms with van der Waals surface area (Å²) in [6.45, 7) is 1.84. The van der Waals surface area contributed by atoms with E-state index < -0.39 is 0 Å². The number of rotatable bonds is 3. The van der Waals surface area contributed by atoms with Gasteiger partial charge in [-0.05, 0) is 31.4 Å². The van der Waals surface area contributed by atoms with Gasteiger partial charge in [0.1, 0.15) is 0 Å². The first-order chi connectivity index (χ1) is 7.04. The lowest BCUT2D eigenvalue weighted by atomic mass is 10.3. The monoisotopic (exact) mass is 263 g/mol. The maximum Gasteiger partial charge on any atom is 0.237 e. The third kappa shape index (κ3) is 3.59. The maximum absolute atomic E-state index is 11.5. The second kappa shape index (κ2) is 5.64. The number of halogens is 2. The molecule has 0 fully saturated rings. The molecule has 82 valence electrons. The lowest BCUT2D eigenvalue weighted by Crippen LogP contribution is -2.21. The summed E-state index contributed by atoms with van der Waals surface area (Å²) in [5.41, 5.74) is 0.662. The molecule has 0 bridgehead atoms. The number of anilines is 1. The number of nitrogens with one attached hydrogen (secondary N) is 1. The van der Waals surface area contributed by atoms with E-state index in [9.17, 15) is 4.79 Å². The lowest BCUT2D eigenvalue weighted by Gasteiger charge is -2.10. The van der Waals surface area contributed by atoms with Crippen molar-refractivity contribution < 1.29 is 4.79 Å². The Bertz CT molecular complexity index is 370. The highest BCUT2D eigenvalue weighted by atomic mass is 35.5. The first-order valence-electron chi connectivity index (χ1n) is 4.33. The van der Waals surface area contributed by atoms with Crippen LogP contribution in [0, 0.1) is 0 Å². The van der Waals surface area contributed by atoms with Gasteiger partial charge < -0.3 is 5.32 Å². The van der Waals surface area contributed by atoms with E-state index in [1.165, 1.54) is 11.8 Å². The molecular formula is C10H11Cl2NOS. The van der Waals surface area contributed by atoms with Crippen LogP contribution in [-0.2, 0) is 4.79 Å². The zero-order valence-corrected chi connectivity index (χ0v) is 10.7. The Hall–Kier alpha value is -0.380. The van der Waals surface area contributed by atoms with E-state index >= 15 is 0 Å². The van der Waals surface area contributed by atoms with Gasteiger partial charge in [0.25, 0.3) is 0 Å². The van der Waals surface area contributed by atoms with Crippen molar-refractivity contribution in [3.05, 3.63) is 28.2 Å². The number of thioether (sulfide) groups is 1. The minimum absolute atomic E-state index is 0.0408. The first-order valence-corrected chi connectivity index (χ1v) is 6.37. The van der Waals surface area contributed by atoms with Gasteiger partial charge in [0, 0.05) is 5.69 Å². The summed E-state index contributed by atoms with van der Waals surface area (Å²) in [6, 6.07) is 5.01. The summed E-state index contributed by atoms with van der Waals surface area (Å²) in [5.74, 6) is -0.0408. The molecule has 0 heterocycles. The third-order valence-electron chi connectivity index (χ3n) is 1.91. The molecule has 0 aliphatic rings.